The molecule has 4 aromatic heterocycles. The smallest absolute Gasteiger partial charge is 0.101 e. The quantitative estimate of drug-likeness (QED) is 0.179. The Bertz CT molecular complexity index is 3580. The van der Waals surface area contributed by atoms with Gasteiger partial charge in [0, 0.05) is 43.7 Å². The van der Waals surface area contributed by atoms with E-state index in [4.69, 9.17) is 9.97 Å². The van der Waals surface area contributed by atoms with Gasteiger partial charge in [-0.3, -0.25) is 9.97 Å². The molecule has 0 radical (unpaired) electrons. The van der Waals surface area contributed by atoms with Gasteiger partial charge >= 0.3 is 0 Å². The third-order valence-corrected chi connectivity index (χ3v) is 13.9. The van der Waals surface area contributed by atoms with Gasteiger partial charge in [0.15, 0.2) is 0 Å². The van der Waals surface area contributed by atoms with Crippen molar-refractivity contribution in [2.75, 3.05) is 0 Å². The molecule has 60 heavy (non-hydrogen) atoms. The van der Waals surface area contributed by atoms with Crippen molar-refractivity contribution in [3.8, 4) is 40.0 Å². The van der Waals surface area contributed by atoms with Crippen LogP contribution < -0.4 is 0 Å². The van der Waals surface area contributed by atoms with Crippen molar-refractivity contribution < 1.29 is 0 Å². The molecule has 13 rings (SSSR count). The van der Waals surface area contributed by atoms with Gasteiger partial charge in [-0.15, -0.1) is 0 Å². The maximum Gasteiger partial charge on any atom is 0.101 e. The van der Waals surface area contributed by atoms with Gasteiger partial charge in [-0.25, -0.2) is 0 Å². The fourth-order valence-corrected chi connectivity index (χ4v) is 11.5. The Morgan fingerprint density at radius 2 is 1.00 bits per heavy atom. The molecule has 0 fully saturated rings. The first kappa shape index (κ1) is 33.3. The molecule has 6 heteroatoms. The first-order valence-corrected chi connectivity index (χ1v) is 20.9. The zero-order valence-electron chi connectivity index (χ0n) is 32.0. The minimum atomic E-state index is -0.565. The molecule has 0 amide bonds. The molecule has 5 heterocycles. The normalized spacial score (nSPS) is 13.4. The number of aromatic nitrogens is 4. The zero-order valence-corrected chi connectivity index (χ0v) is 32.9. The summed E-state index contributed by atoms with van der Waals surface area (Å²) in [5.41, 5.74) is 15.1. The van der Waals surface area contributed by atoms with Crippen molar-refractivity contribution in [1.82, 2.24) is 19.1 Å². The van der Waals surface area contributed by atoms with Crippen molar-refractivity contribution >= 4 is 55.4 Å². The van der Waals surface area contributed by atoms with Crippen LogP contribution in [0.5, 0.6) is 0 Å². The summed E-state index contributed by atoms with van der Waals surface area (Å²) in [6.07, 6.45) is 3.76. The van der Waals surface area contributed by atoms with E-state index >= 15 is 0 Å². The Balaban J connectivity index is 1.05. The minimum Gasteiger partial charge on any atom is -0.307 e. The lowest BCUT2D eigenvalue weighted by Gasteiger charge is -2.39. The Hall–Kier alpha value is -7.72. The highest BCUT2D eigenvalue weighted by Gasteiger charge is 2.51. The monoisotopic (exact) mass is 781 g/mol. The molecular formula is C54H31N5S. The molecule has 11 aromatic rings. The summed E-state index contributed by atoms with van der Waals surface area (Å²) < 4.78 is 4.62. The number of pyridine rings is 2. The topological polar surface area (TPSA) is 59.4 Å². The second-order valence-corrected chi connectivity index (χ2v) is 16.7. The van der Waals surface area contributed by atoms with Crippen LogP contribution in [0, 0.1) is 11.3 Å². The van der Waals surface area contributed by atoms with Crippen LogP contribution in [0.1, 0.15) is 27.8 Å². The Morgan fingerprint density at radius 1 is 0.450 bits per heavy atom. The molecule has 7 aromatic carbocycles. The summed E-state index contributed by atoms with van der Waals surface area (Å²) >= 11 is 1.83. The standard InChI is InChI=1S/C54H31N5S/c55-32-35-12-9-22-48(58-44-19-5-1-13-36(44)37-14-2-6-20-45(37)58)53(35)59-46-21-7-3-15-38(46)39-30-33(24-26-47(39)59)34-25-27-50-43(31-34)54(40-16-4-8-23-49(40)60-50)41-17-10-28-56-51(41)52-42(54)18-11-29-57-52/h1-31H. The molecule has 0 saturated heterocycles. The average molecular weight is 782 g/mol. The van der Waals surface area contributed by atoms with Crippen molar-refractivity contribution in [3.63, 3.8) is 0 Å². The van der Waals surface area contributed by atoms with Crippen LogP contribution in [0.25, 0.3) is 77.5 Å². The van der Waals surface area contributed by atoms with E-state index in [1.807, 2.05) is 36.3 Å². The summed E-state index contributed by atoms with van der Waals surface area (Å²) in [7, 11) is 0. The van der Waals surface area contributed by atoms with Gasteiger partial charge in [0.1, 0.15) is 6.07 Å². The van der Waals surface area contributed by atoms with Crippen LogP contribution in [0.3, 0.4) is 0 Å². The summed E-state index contributed by atoms with van der Waals surface area (Å²) in [6, 6.07) is 65.5. The molecule has 1 aliphatic carbocycles. The molecule has 2 aliphatic rings. The largest absolute Gasteiger partial charge is 0.307 e. The lowest BCUT2D eigenvalue weighted by Crippen LogP contribution is -2.32. The second kappa shape index (κ2) is 12.4. The summed E-state index contributed by atoms with van der Waals surface area (Å²) in [5.74, 6) is 0. The fraction of sp³-hybridized carbons (Fsp3) is 0.0185. The van der Waals surface area contributed by atoms with Gasteiger partial charge in [0.25, 0.3) is 0 Å². The predicted octanol–water partition coefficient (Wildman–Crippen LogP) is 13.0. The number of hydrogen-bond acceptors (Lipinski definition) is 4. The molecule has 278 valence electrons. The molecule has 0 unspecified atom stereocenters. The van der Waals surface area contributed by atoms with Crippen molar-refractivity contribution in [2.45, 2.75) is 15.2 Å². The van der Waals surface area contributed by atoms with Crippen LogP contribution in [0.15, 0.2) is 198 Å². The van der Waals surface area contributed by atoms with Crippen LogP contribution >= 0.6 is 11.8 Å². The molecule has 5 nitrogen and oxygen atoms in total. The van der Waals surface area contributed by atoms with Crippen molar-refractivity contribution in [3.05, 3.63) is 216 Å². The second-order valence-electron chi connectivity index (χ2n) is 15.6. The van der Waals surface area contributed by atoms with E-state index in [2.05, 4.69) is 179 Å². The highest BCUT2D eigenvalue weighted by molar-refractivity contribution is 7.99. The van der Waals surface area contributed by atoms with Gasteiger partial charge in [-0.05, 0) is 106 Å². The number of rotatable bonds is 3. The zero-order chi connectivity index (χ0) is 39.5. The Labute approximate surface area is 349 Å². The van der Waals surface area contributed by atoms with Crippen LogP contribution in [-0.2, 0) is 5.41 Å². The SMILES string of the molecule is N#Cc1cccc(-n2c3ccccc3c3ccccc32)c1-n1c2ccccc2c2cc(-c3ccc4c(c3)C3(c5ccccc5S4)c4cccnc4-c4ncccc43)ccc21. The van der Waals surface area contributed by atoms with E-state index in [1.165, 1.54) is 42.8 Å². The van der Waals surface area contributed by atoms with E-state index in [9.17, 15) is 5.26 Å². The number of hydrogen-bond donors (Lipinski definition) is 0. The Morgan fingerprint density at radius 3 is 1.70 bits per heavy atom. The third kappa shape index (κ3) is 4.31. The average Bonchev–Trinajstić information content (AvgIpc) is 3.93. The van der Waals surface area contributed by atoms with Crippen molar-refractivity contribution in [1.29, 1.82) is 5.26 Å². The molecular weight excluding hydrogens is 751 g/mol. The van der Waals surface area contributed by atoms with Crippen LogP contribution in [0.4, 0.5) is 0 Å². The van der Waals surface area contributed by atoms with E-state index in [-0.39, 0.29) is 0 Å². The van der Waals surface area contributed by atoms with Crippen LogP contribution in [0.2, 0.25) is 0 Å². The third-order valence-electron chi connectivity index (χ3n) is 12.7. The first-order chi connectivity index (χ1) is 29.7. The lowest BCUT2D eigenvalue weighted by atomic mass is 9.67. The maximum atomic E-state index is 10.8. The molecule has 1 aliphatic heterocycles. The van der Waals surface area contributed by atoms with E-state index in [0.29, 0.717) is 5.56 Å². The van der Waals surface area contributed by atoms with Crippen molar-refractivity contribution in [2.24, 2.45) is 0 Å². The highest BCUT2D eigenvalue weighted by atomic mass is 32.2. The molecule has 0 atom stereocenters. The Kier molecular flexibility index (Phi) is 6.87. The number of nitriles is 1. The summed E-state index contributed by atoms with van der Waals surface area (Å²) in [5, 5.41) is 15.4. The number of para-hydroxylation sites is 4. The van der Waals surface area contributed by atoms with E-state index in [0.717, 1.165) is 66.7 Å². The summed E-state index contributed by atoms with van der Waals surface area (Å²) in [4.78, 5) is 12.4. The predicted molar refractivity (Wildman–Crippen MR) is 242 cm³/mol. The molecule has 0 bridgehead atoms. The van der Waals surface area contributed by atoms with Gasteiger partial charge in [0.2, 0.25) is 0 Å². The van der Waals surface area contributed by atoms with Gasteiger partial charge in [-0.1, -0.05) is 115 Å². The minimum absolute atomic E-state index is 0.565. The summed E-state index contributed by atoms with van der Waals surface area (Å²) in [6.45, 7) is 0. The highest BCUT2D eigenvalue weighted by Crippen LogP contribution is 2.61. The van der Waals surface area contributed by atoms with Gasteiger partial charge < -0.3 is 9.13 Å². The molecule has 0 N–H and O–H groups in total. The fourth-order valence-electron chi connectivity index (χ4n) is 10.4. The van der Waals surface area contributed by atoms with Gasteiger partial charge in [0.05, 0.1) is 55.8 Å². The first-order valence-electron chi connectivity index (χ1n) is 20.1. The van der Waals surface area contributed by atoms with Gasteiger partial charge in [-0.2, -0.15) is 5.26 Å². The maximum absolute atomic E-state index is 10.8. The number of fused-ring (bicyclic) bond motifs is 15. The molecule has 1 spiro atoms. The van der Waals surface area contributed by atoms with E-state index in [1.54, 1.807) is 0 Å². The number of benzene rings is 7. The van der Waals surface area contributed by atoms with Crippen LogP contribution in [-0.4, -0.2) is 19.1 Å². The molecule has 0 saturated carbocycles. The number of nitrogens with zero attached hydrogens (tertiary/aromatic N) is 5. The lowest BCUT2D eigenvalue weighted by molar-refractivity contribution is 0.720. The van der Waals surface area contributed by atoms with E-state index < -0.39 is 5.41 Å².